The van der Waals surface area contributed by atoms with Gasteiger partial charge in [-0.25, -0.2) is 0 Å². The third-order valence-electron chi connectivity index (χ3n) is 7.25. The third kappa shape index (κ3) is 5.69. The van der Waals surface area contributed by atoms with E-state index in [9.17, 15) is 25.5 Å². The van der Waals surface area contributed by atoms with Gasteiger partial charge in [0.25, 0.3) is 0 Å². The van der Waals surface area contributed by atoms with Gasteiger partial charge in [-0.05, 0) is 47.7 Å². The van der Waals surface area contributed by atoms with E-state index in [1.54, 1.807) is 26.4 Å². The van der Waals surface area contributed by atoms with Crippen LogP contribution in [0.2, 0.25) is 0 Å². The van der Waals surface area contributed by atoms with E-state index in [1.165, 1.54) is 7.11 Å². The average Bonchev–Trinajstić information content (AvgIpc) is 3.35. The molecular formula is C27H36O11. The second-order valence-electron chi connectivity index (χ2n) is 9.48. The van der Waals surface area contributed by atoms with Crippen LogP contribution in [0.5, 0.6) is 23.0 Å². The molecule has 2 aromatic rings. The number of benzene rings is 2. The van der Waals surface area contributed by atoms with Gasteiger partial charge in [-0.15, -0.1) is 0 Å². The van der Waals surface area contributed by atoms with E-state index >= 15 is 0 Å². The lowest BCUT2D eigenvalue weighted by Crippen LogP contribution is -2.60. The van der Waals surface area contributed by atoms with Crippen molar-refractivity contribution in [3.63, 3.8) is 0 Å². The molecule has 0 spiro atoms. The van der Waals surface area contributed by atoms with Crippen molar-refractivity contribution in [2.45, 2.75) is 43.2 Å². The quantitative estimate of drug-likeness (QED) is 0.287. The zero-order valence-corrected chi connectivity index (χ0v) is 21.6. The Morgan fingerprint density at radius 3 is 2.13 bits per heavy atom. The van der Waals surface area contributed by atoms with Gasteiger partial charge < -0.3 is 54.0 Å². The molecule has 8 atom stereocenters. The molecule has 0 radical (unpaired) electrons. The number of hydrogen-bond acceptors (Lipinski definition) is 11. The predicted molar refractivity (Wildman–Crippen MR) is 133 cm³/mol. The van der Waals surface area contributed by atoms with Crippen LogP contribution in [0, 0.1) is 11.8 Å². The van der Waals surface area contributed by atoms with Gasteiger partial charge >= 0.3 is 0 Å². The lowest BCUT2D eigenvalue weighted by molar-refractivity contribution is -0.277. The van der Waals surface area contributed by atoms with Crippen LogP contribution in [-0.4, -0.2) is 97.4 Å². The van der Waals surface area contributed by atoms with Crippen LogP contribution in [0.4, 0.5) is 0 Å². The smallest absolute Gasteiger partial charge is 0.229 e. The molecule has 0 unspecified atom stereocenters. The van der Waals surface area contributed by atoms with Crippen LogP contribution in [-0.2, 0) is 15.9 Å². The first-order valence-electron chi connectivity index (χ1n) is 12.4. The summed E-state index contributed by atoms with van der Waals surface area (Å²) in [6.45, 7) is -0.157. The molecule has 0 bridgehead atoms. The number of aliphatic hydroxyl groups excluding tert-OH is 5. The summed E-state index contributed by atoms with van der Waals surface area (Å²) in [4.78, 5) is 0. The minimum atomic E-state index is -1.55. The molecule has 4 rings (SSSR count). The van der Waals surface area contributed by atoms with E-state index in [2.05, 4.69) is 0 Å². The number of hydrogen-bond donors (Lipinski definition) is 5. The maximum absolute atomic E-state index is 10.3. The first-order chi connectivity index (χ1) is 18.3. The van der Waals surface area contributed by atoms with Gasteiger partial charge in [0, 0.05) is 12.5 Å². The molecule has 2 saturated heterocycles. The molecule has 210 valence electrons. The van der Waals surface area contributed by atoms with E-state index in [4.69, 9.17) is 28.4 Å². The molecule has 2 fully saturated rings. The SMILES string of the molecule is COc1ccc([C@H]2OC[C@H](Cc3ccc(O[C@@H]4O[C@H](CO)[C@@H](O)[C@H](O)[C@H]4O)c(OC)c3)[C@@H]2CO)cc1OC. The highest BCUT2D eigenvalue weighted by atomic mass is 16.7. The molecule has 5 N–H and O–H groups in total. The van der Waals surface area contributed by atoms with Gasteiger partial charge in [0.15, 0.2) is 23.0 Å². The summed E-state index contributed by atoms with van der Waals surface area (Å²) < 4.78 is 33.5. The molecule has 11 heteroatoms. The van der Waals surface area contributed by atoms with Crippen LogP contribution in [0.3, 0.4) is 0 Å². The Kier molecular flexibility index (Phi) is 9.32. The molecule has 0 saturated carbocycles. The van der Waals surface area contributed by atoms with Crippen molar-refractivity contribution in [3.8, 4) is 23.0 Å². The van der Waals surface area contributed by atoms with Gasteiger partial charge in [-0.2, -0.15) is 0 Å². The summed E-state index contributed by atoms with van der Waals surface area (Å²) in [5, 5.41) is 50.0. The highest BCUT2D eigenvalue weighted by Crippen LogP contribution is 2.43. The maximum Gasteiger partial charge on any atom is 0.229 e. The fraction of sp³-hybridized carbons (Fsp3) is 0.556. The van der Waals surface area contributed by atoms with Crippen molar-refractivity contribution < 1.29 is 54.0 Å². The normalized spacial score (nSPS) is 31.2. The van der Waals surface area contributed by atoms with Gasteiger partial charge in [-0.3, -0.25) is 0 Å². The minimum absolute atomic E-state index is 0.0278. The fourth-order valence-corrected chi connectivity index (χ4v) is 5.08. The standard InChI is InChI=1S/C27H36O11/c1-33-18-7-5-15(10-21(18)35-3)26-17(11-28)16(13-36-26)8-14-4-6-19(20(9-14)34-2)37-27-25(32)24(31)23(30)22(12-29)38-27/h4-7,9-10,16-17,22-32H,8,11-13H2,1-3H3/t16-,17-,22+,23+,24-,25+,26+,27+/m0/s1. The predicted octanol–water partition coefficient (Wildman–Crippen LogP) is 0.430. The van der Waals surface area contributed by atoms with Crippen molar-refractivity contribution in [3.05, 3.63) is 47.5 Å². The monoisotopic (exact) mass is 536 g/mol. The average molecular weight is 537 g/mol. The Bertz CT molecular complexity index is 1060. The zero-order chi connectivity index (χ0) is 27.4. The molecule has 2 heterocycles. The van der Waals surface area contributed by atoms with Crippen molar-refractivity contribution in [2.24, 2.45) is 11.8 Å². The maximum atomic E-state index is 10.3. The Morgan fingerprint density at radius 1 is 0.789 bits per heavy atom. The minimum Gasteiger partial charge on any atom is -0.493 e. The van der Waals surface area contributed by atoms with Crippen molar-refractivity contribution in [2.75, 3.05) is 41.2 Å². The molecular weight excluding hydrogens is 500 g/mol. The number of methoxy groups -OCH3 is 3. The summed E-state index contributed by atoms with van der Waals surface area (Å²) in [5.74, 6) is 1.71. The molecule has 38 heavy (non-hydrogen) atoms. The highest BCUT2D eigenvalue weighted by Gasteiger charge is 2.45. The molecule has 11 nitrogen and oxygen atoms in total. The summed E-state index contributed by atoms with van der Waals surface area (Å²) >= 11 is 0. The van der Waals surface area contributed by atoms with Gasteiger partial charge in [0.2, 0.25) is 6.29 Å². The molecule has 2 aliphatic heterocycles. The molecule has 2 aliphatic rings. The Morgan fingerprint density at radius 2 is 1.47 bits per heavy atom. The summed E-state index contributed by atoms with van der Waals surface area (Å²) in [7, 11) is 4.62. The number of rotatable bonds is 10. The first-order valence-corrected chi connectivity index (χ1v) is 12.4. The summed E-state index contributed by atoms with van der Waals surface area (Å²) in [6.07, 6.45) is -6.67. The fourth-order valence-electron chi connectivity index (χ4n) is 5.08. The van der Waals surface area contributed by atoms with Crippen LogP contribution < -0.4 is 18.9 Å². The Balaban J connectivity index is 1.47. The van der Waals surface area contributed by atoms with Crippen LogP contribution in [0.15, 0.2) is 36.4 Å². The topological polar surface area (TPSA) is 157 Å². The van der Waals surface area contributed by atoms with E-state index in [1.807, 2.05) is 24.3 Å². The molecule has 0 aromatic heterocycles. The van der Waals surface area contributed by atoms with E-state index < -0.39 is 37.3 Å². The Labute approximate surface area is 221 Å². The van der Waals surface area contributed by atoms with E-state index in [0.29, 0.717) is 30.3 Å². The van der Waals surface area contributed by atoms with Gasteiger partial charge in [0.1, 0.15) is 24.4 Å². The van der Waals surface area contributed by atoms with Crippen molar-refractivity contribution in [1.29, 1.82) is 0 Å². The first kappa shape index (κ1) is 28.4. The van der Waals surface area contributed by atoms with Crippen molar-refractivity contribution >= 4 is 0 Å². The van der Waals surface area contributed by atoms with E-state index in [0.717, 1.165) is 11.1 Å². The molecule has 0 amide bonds. The lowest BCUT2D eigenvalue weighted by Gasteiger charge is -2.39. The largest absolute Gasteiger partial charge is 0.493 e. The molecule has 0 aliphatic carbocycles. The molecule has 2 aromatic carbocycles. The van der Waals surface area contributed by atoms with Crippen LogP contribution in [0.25, 0.3) is 0 Å². The summed E-state index contributed by atoms with van der Waals surface area (Å²) in [6, 6.07) is 10.9. The lowest BCUT2D eigenvalue weighted by atomic mass is 9.84. The van der Waals surface area contributed by atoms with Crippen molar-refractivity contribution in [1.82, 2.24) is 0 Å². The van der Waals surface area contributed by atoms with Crippen LogP contribution >= 0.6 is 0 Å². The number of ether oxygens (including phenoxy) is 6. The van der Waals surface area contributed by atoms with Gasteiger partial charge in [0.05, 0.1) is 40.6 Å². The number of aliphatic hydroxyl groups is 5. The zero-order valence-electron chi connectivity index (χ0n) is 21.6. The highest BCUT2D eigenvalue weighted by molar-refractivity contribution is 5.45. The summed E-state index contributed by atoms with van der Waals surface area (Å²) in [5.41, 5.74) is 1.81. The Hall–Kier alpha value is -2.64. The third-order valence-corrected chi connectivity index (χ3v) is 7.25. The van der Waals surface area contributed by atoms with Crippen LogP contribution in [0.1, 0.15) is 17.2 Å². The van der Waals surface area contributed by atoms with E-state index in [-0.39, 0.29) is 30.3 Å². The second kappa shape index (κ2) is 12.5. The van der Waals surface area contributed by atoms with Gasteiger partial charge in [-0.1, -0.05) is 12.1 Å². The second-order valence-corrected chi connectivity index (χ2v) is 9.48.